The van der Waals surface area contributed by atoms with E-state index in [-0.39, 0.29) is 15.6 Å². The van der Waals surface area contributed by atoms with Gasteiger partial charge in [-0.3, -0.25) is 0 Å². The molecule has 0 N–H and O–H groups in total. The average molecular weight is 435 g/mol. The van der Waals surface area contributed by atoms with Crippen molar-refractivity contribution >= 4 is 15.9 Å². The Kier molecular flexibility index (Phi) is 6.61. The molecule has 2 rings (SSSR count). The van der Waals surface area contributed by atoms with E-state index in [9.17, 15) is 35.1 Å². The zero-order chi connectivity index (χ0) is 19.6. The summed E-state index contributed by atoms with van der Waals surface area (Å²) in [5, 5.41) is 0. The van der Waals surface area contributed by atoms with Crippen molar-refractivity contribution in [3.05, 3.63) is 68.7 Å². The first-order valence-electron chi connectivity index (χ1n) is 6.59. The van der Waals surface area contributed by atoms with E-state index in [0.717, 1.165) is 18.2 Å². The van der Waals surface area contributed by atoms with Gasteiger partial charge in [0.05, 0.1) is 11.1 Å². The summed E-state index contributed by atoms with van der Waals surface area (Å²) in [7, 11) is 0. The first-order valence-corrected chi connectivity index (χ1v) is 7.39. The summed E-state index contributed by atoms with van der Waals surface area (Å²) in [6.45, 7) is 2.82. The van der Waals surface area contributed by atoms with Gasteiger partial charge in [0.1, 0.15) is 11.6 Å². The monoisotopic (exact) mass is 434 g/mol. The molecule has 0 aliphatic rings. The molecule has 0 atom stereocenters. The molecule has 0 unspecified atom stereocenters. The minimum absolute atomic E-state index is 0.140. The summed E-state index contributed by atoms with van der Waals surface area (Å²) in [5.74, 6) is -1.68. The lowest BCUT2D eigenvalue weighted by Crippen LogP contribution is -2.07. The molecule has 0 aromatic heterocycles. The van der Waals surface area contributed by atoms with Crippen LogP contribution < -0.4 is 0 Å². The molecule has 0 saturated carbocycles. The molecule has 0 fully saturated rings. The van der Waals surface area contributed by atoms with Crippen molar-refractivity contribution in [1.82, 2.24) is 0 Å². The van der Waals surface area contributed by atoms with E-state index < -0.39 is 35.1 Å². The van der Waals surface area contributed by atoms with Crippen molar-refractivity contribution in [3.8, 4) is 0 Å². The first-order chi connectivity index (χ1) is 11.2. The molecular weight excluding hydrogens is 424 g/mol. The van der Waals surface area contributed by atoms with Crippen LogP contribution in [0, 0.1) is 25.5 Å². The molecule has 2 aromatic carbocycles. The standard InChI is InChI=1S/C8H5BrF4.C8H6F4/c1-4-2-6(9)5(3-7(4)10)8(11,12)13;1-5-2-3-6(4-7(5)9)8(10,11)12/h2-3H,1H3;2-4H,1H3. The minimum Gasteiger partial charge on any atom is -0.207 e. The van der Waals surface area contributed by atoms with Crippen LogP contribution in [0.4, 0.5) is 35.1 Å². The van der Waals surface area contributed by atoms with Crippen molar-refractivity contribution < 1.29 is 35.1 Å². The van der Waals surface area contributed by atoms with Gasteiger partial charge in [-0.05, 0) is 49.2 Å². The van der Waals surface area contributed by atoms with E-state index in [2.05, 4.69) is 15.9 Å². The van der Waals surface area contributed by atoms with Gasteiger partial charge in [-0.25, -0.2) is 8.78 Å². The quantitative estimate of drug-likeness (QED) is 0.389. The van der Waals surface area contributed by atoms with Crippen molar-refractivity contribution in [2.24, 2.45) is 0 Å². The molecule has 25 heavy (non-hydrogen) atoms. The maximum atomic E-state index is 12.8. The third-order valence-electron chi connectivity index (χ3n) is 3.05. The molecule has 0 amide bonds. The van der Waals surface area contributed by atoms with E-state index in [0.29, 0.717) is 12.1 Å². The van der Waals surface area contributed by atoms with Gasteiger partial charge in [-0.1, -0.05) is 22.0 Å². The highest BCUT2D eigenvalue weighted by atomic mass is 79.9. The second-order valence-electron chi connectivity index (χ2n) is 5.04. The number of rotatable bonds is 0. The van der Waals surface area contributed by atoms with Crippen molar-refractivity contribution in [1.29, 1.82) is 0 Å². The van der Waals surface area contributed by atoms with Crippen LogP contribution in [0.25, 0.3) is 0 Å². The minimum atomic E-state index is -4.52. The molecule has 0 aliphatic heterocycles. The molecular formula is C16H11BrF8. The molecule has 0 radical (unpaired) electrons. The summed E-state index contributed by atoms with van der Waals surface area (Å²) < 4.78 is 97.5. The molecule has 138 valence electrons. The predicted molar refractivity (Wildman–Crippen MR) is 80.0 cm³/mol. The summed E-state index contributed by atoms with van der Waals surface area (Å²) in [4.78, 5) is 0. The number of halogens is 9. The van der Waals surface area contributed by atoms with Crippen LogP contribution in [-0.4, -0.2) is 0 Å². The zero-order valence-electron chi connectivity index (χ0n) is 12.8. The van der Waals surface area contributed by atoms with Gasteiger partial charge in [-0.2, -0.15) is 26.3 Å². The maximum Gasteiger partial charge on any atom is 0.417 e. The van der Waals surface area contributed by atoms with Crippen LogP contribution in [0.3, 0.4) is 0 Å². The Morgan fingerprint density at radius 1 is 0.720 bits per heavy atom. The number of aryl methyl sites for hydroxylation is 2. The van der Waals surface area contributed by atoms with Crippen LogP contribution in [0.15, 0.2) is 34.8 Å². The van der Waals surface area contributed by atoms with Crippen molar-refractivity contribution in [3.63, 3.8) is 0 Å². The highest BCUT2D eigenvalue weighted by molar-refractivity contribution is 9.10. The lowest BCUT2D eigenvalue weighted by molar-refractivity contribution is -0.138. The molecule has 0 aliphatic carbocycles. The molecule has 2 aromatic rings. The summed E-state index contributed by atoms with van der Waals surface area (Å²) >= 11 is 2.73. The summed E-state index contributed by atoms with van der Waals surface area (Å²) in [5.41, 5.74) is -1.55. The fourth-order valence-corrected chi connectivity index (χ4v) is 2.32. The van der Waals surface area contributed by atoms with Crippen molar-refractivity contribution in [2.45, 2.75) is 26.2 Å². The molecule has 0 bridgehead atoms. The largest absolute Gasteiger partial charge is 0.417 e. The van der Waals surface area contributed by atoms with E-state index in [4.69, 9.17) is 0 Å². The average Bonchev–Trinajstić information content (AvgIpc) is 2.44. The van der Waals surface area contributed by atoms with Crippen molar-refractivity contribution in [2.75, 3.05) is 0 Å². The van der Waals surface area contributed by atoms with E-state index >= 15 is 0 Å². The van der Waals surface area contributed by atoms with Crippen LogP contribution in [0.1, 0.15) is 22.3 Å². The lowest BCUT2D eigenvalue weighted by Gasteiger charge is -2.09. The van der Waals surface area contributed by atoms with Gasteiger partial charge in [0.15, 0.2) is 0 Å². The zero-order valence-corrected chi connectivity index (χ0v) is 14.4. The van der Waals surface area contributed by atoms with Crippen LogP contribution in [-0.2, 0) is 12.4 Å². The maximum absolute atomic E-state index is 12.8. The lowest BCUT2D eigenvalue weighted by atomic mass is 10.1. The predicted octanol–water partition coefficient (Wildman–Crippen LogP) is 7.07. The second-order valence-corrected chi connectivity index (χ2v) is 5.90. The highest BCUT2D eigenvalue weighted by Gasteiger charge is 2.33. The number of alkyl halides is 6. The summed E-state index contributed by atoms with van der Waals surface area (Å²) in [6, 6.07) is 4.06. The topological polar surface area (TPSA) is 0 Å². The Bertz CT molecular complexity index is 747. The van der Waals surface area contributed by atoms with Gasteiger partial charge < -0.3 is 0 Å². The Balaban J connectivity index is 0.000000251. The van der Waals surface area contributed by atoms with Gasteiger partial charge in [0, 0.05) is 4.47 Å². The van der Waals surface area contributed by atoms with Gasteiger partial charge in [0.25, 0.3) is 0 Å². The van der Waals surface area contributed by atoms with Gasteiger partial charge in [-0.15, -0.1) is 0 Å². The Morgan fingerprint density at radius 2 is 1.24 bits per heavy atom. The molecule has 0 saturated heterocycles. The third-order valence-corrected chi connectivity index (χ3v) is 3.71. The normalized spacial score (nSPS) is 11.8. The Labute approximate surface area is 146 Å². The SMILES string of the molecule is Cc1cc(Br)c(C(F)(F)F)cc1F.Cc1ccc(C(F)(F)F)cc1F. The van der Waals surface area contributed by atoms with Crippen LogP contribution >= 0.6 is 15.9 Å². The smallest absolute Gasteiger partial charge is 0.207 e. The number of hydrogen-bond donors (Lipinski definition) is 0. The Morgan fingerprint density at radius 3 is 1.68 bits per heavy atom. The number of benzene rings is 2. The summed E-state index contributed by atoms with van der Waals surface area (Å²) in [6.07, 6.45) is -8.98. The van der Waals surface area contributed by atoms with E-state index in [1.807, 2.05) is 0 Å². The van der Waals surface area contributed by atoms with E-state index in [1.165, 1.54) is 13.8 Å². The Hall–Kier alpha value is -1.64. The van der Waals surface area contributed by atoms with Crippen LogP contribution in [0.2, 0.25) is 0 Å². The highest BCUT2D eigenvalue weighted by Crippen LogP contribution is 2.36. The van der Waals surface area contributed by atoms with E-state index in [1.54, 1.807) is 0 Å². The first kappa shape index (κ1) is 21.4. The fraction of sp³-hybridized carbons (Fsp3) is 0.250. The van der Waals surface area contributed by atoms with Gasteiger partial charge in [0.2, 0.25) is 0 Å². The number of hydrogen-bond acceptors (Lipinski definition) is 0. The molecule has 9 heteroatoms. The van der Waals surface area contributed by atoms with Gasteiger partial charge >= 0.3 is 12.4 Å². The third kappa shape index (κ3) is 5.98. The fourth-order valence-electron chi connectivity index (χ4n) is 1.63. The second kappa shape index (κ2) is 7.72. The molecule has 0 spiro atoms. The van der Waals surface area contributed by atoms with Crippen LogP contribution in [0.5, 0.6) is 0 Å². The molecule has 0 heterocycles. The molecule has 0 nitrogen and oxygen atoms in total.